The molecule has 1 aliphatic heterocycles. The lowest BCUT2D eigenvalue weighted by Gasteiger charge is -2.36. The smallest absolute Gasteiger partial charge is 0.317 e. The van der Waals surface area contributed by atoms with Crippen LogP contribution < -0.4 is 15.5 Å². The Morgan fingerprint density at radius 3 is 2.35 bits per heavy atom. The second-order valence-electron chi connectivity index (χ2n) is 7.81. The summed E-state index contributed by atoms with van der Waals surface area (Å²) in [5.74, 6) is -0.106. The molecule has 7 nitrogen and oxygen atoms in total. The molecule has 0 saturated carbocycles. The quantitative estimate of drug-likeness (QED) is 0.685. The Bertz CT molecular complexity index is 850. The van der Waals surface area contributed by atoms with Crippen molar-refractivity contribution in [3.05, 3.63) is 60.2 Å². The number of carbonyl (C=O) groups excluding carboxylic acids is 2. The number of likely N-dealkylation sites (N-methyl/N-ethyl adjacent to an activating group) is 1. The van der Waals surface area contributed by atoms with Crippen molar-refractivity contribution >= 4 is 23.3 Å². The minimum absolute atomic E-state index is 0.106. The number of rotatable bonds is 8. The minimum atomic E-state index is -0.189. The van der Waals surface area contributed by atoms with Gasteiger partial charge >= 0.3 is 6.03 Å². The molecule has 0 radical (unpaired) electrons. The first kappa shape index (κ1) is 22.6. The third-order valence-electron chi connectivity index (χ3n) is 5.58. The third kappa shape index (κ3) is 6.72. The van der Waals surface area contributed by atoms with Crippen molar-refractivity contribution in [1.29, 1.82) is 0 Å². The average Bonchev–Trinajstić information content (AvgIpc) is 2.80. The Hall–Kier alpha value is -3.06. The van der Waals surface area contributed by atoms with E-state index in [0.29, 0.717) is 13.1 Å². The summed E-state index contributed by atoms with van der Waals surface area (Å²) in [7, 11) is 1.75. The molecule has 166 valence electrons. The van der Waals surface area contributed by atoms with Crippen LogP contribution in [0.5, 0.6) is 0 Å². The van der Waals surface area contributed by atoms with Crippen LogP contribution >= 0.6 is 0 Å². The molecule has 0 unspecified atom stereocenters. The molecular weight excluding hydrogens is 390 g/mol. The summed E-state index contributed by atoms with van der Waals surface area (Å²) in [6, 6.07) is 17.6. The number of anilines is 2. The molecular formula is C24H33N5O2. The zero-order valence-electron chi connectivity index (χ0n) is 18.5. The molecule has 7 heteroatoms. The topological polar surface area (TPSA) is 67.9 Å². The van der Waals surface area contributed by atoms with Crippen LogP contribution in [0.15, 0.2) is 54.6 Å². The van der Waals surface area contributed by atoms with Crippen molar-refractivity contribution in [3.63, 3.8) is 0 Å². The number of urea groups is 1. The van der Waals surface area contributed by atoms with Crippen molar-refractivity contribution in [2.45, 2.75) is 19.9 Å². The van der Waals surface area contributed by atoms with E-state index in [0.717, 1.165) is 49.7 Å². The van der Waals surface area contributed by atoms with Gasteiger partial charge in [0, 0.05) is 52.7 Å². The van der Waals surface area contributed by atoms with E-state index in [1.807, 2.05) is 48.5 Å². The van der Waals surface area contributed by atoms with Gasteiger partial charge in [-0.15, -0.1) is 0 Å². The molecule has 2 aromatic rings. The molecule has 3 rings (SSSR count). The maximum Gasteiger partial charge on any atom is 0.317 e. The fourth-order valence-electron chi connectivity index (χ4n) is 3.72. The van der Waals surface area contributed by atoms with Crippen molar-refractivity contribution in [1.82, 2.24) is 15.1 Å². The summed E-state index contributed by atoms with van der Waals surface area (Å²) in [5.41, 5.74) is 2.94. The van der Waals surface area contributed by atoms with Crippen LogP contribution in [0.3, 0.4) is 0 Å². The molecule has 3 amide bonds. The largest absolute Gasteiger partial charge is 0.367 e. The van der Waals surface area contributed by atoms with E-state index in [1.54, 1.807) is 11.9 Å². The van der Waals surface area contributed by atoms with Crippen molar-refractivity contribution in [3.8, 4) is 0 Å². The number of piperazine rings is 1. The Labute approximate surface area is 185 Å². The number of amides is 3. The lowest BCUT2D eigenvalue weighted by Crippen LogP contribution is -2.46. The molecule has 31 heavy (non-hydrogen) atoms. The van der Waals surface area contributed by atoms with Crippen molar-refractivity contribution in [2.75, 3.05) is 56.5 Å². The van der Waals surface area contributed by atoms with Crippen LogP contribution in [0.1, 0.15) is 18.9 Å². The molecule has 0 aliphatic carbocycles. The Morgan fingerprint density at radius 1 is 0.968 bits per heavy atom. The van der Waals surface area contributed by atoms with Crippen LogP contribution in [0.4, 0.5) is 16.2 Å². The predicted octanol–water partition coefficient (Wildman–Crippen LogP) is 3.00. The number of nitrogens with zero attached hydrogens (tertiary/aromatic N) is 3. The first-order valence-electron chi connectivity index (χ1n) is 11.0. The van der Waals surface area contributed by atoms with E-state index in [1.165, 1.54) is 0 Å². The highest BCUT2D eigenvalue weighted by Gasteiger charge is 2.19. The maximum absolute atomic E-state index is 12.5. The summed E-state index contributed by atoms with van der Waals surface area (Å²) >= 11 is 0. The zero-order chi connectivity index (χ0) is 22.1. The van der Waals surface area contributed by atoms with Gasteiger partial charge in [-0.05, 0) is 24.2 Å². The van der Waals surface area contributed by atoms with E-state index in [2.05, 4.69) is 33.4 Å². The van der Waals surface area contributed by atoms with Gasteiger partial charge in [-0.2, -0.15) is 0 Å². The van der Waals surface area contributed by atoms with Crippen LogP contribution in [0.2, 0.25) is 0 Å². The second kappa shape index (κ2) is 11.4. The summed E-state index contributed by atoms with van der Waals surface area (Å²) in [4.78, 5) is 31.1. The summed E-state index contributed by atoms with van der Waals surface area (Å²) in [6.45, 7) is 8.02. The number of carbonyl (C=O) groups is 2. The van der Waals surface area contributed by atoms with Crippen molar-refractivity contribution in [2.24, 2.45) is 0 Å². The van der Waals surface area contributed by atoms with Crippen LogP contribution in [0.25, 0.3) is 0 Å². The van der Waals surface area contributed by atoms with Gasteiger partial charge in [0.25, 0.3) is 0 Å². The summed E-state index contributed by atoms with van der Waals surface area (Å²) in [6.07, 6.45) is 0.225. The Balaban J connectivity index is 1.45. The first-order valence-corrected chi connectivity index (χ1v) is 11.0. The monoisotopic (exact) mass is 423 g/mol. The van der Waals surface area contributed by atoms with Crippen LogP contribution in [-0.4, -0.2) is 68.1 Å². The summed E-state index contributed by atoms with van der Waals surface area (Å²) < 4.78 is 0. The van der Waals surface area contributed by atoms with E-state index >= 15 is 0 Å². The second-order valence-corrected chi connectivity index (χ2v) is 7.81. The number of hydrogen-bond acceptors (Lipinski definition) is 4. The number of benzene rings is 2. The van der Waals surface area contributed by atoms with Gasteiger partial charge in [0.15, 0.2) is 0 Å². The van der Waals surface area contributed by atoms with Gasteiger partial charge < -0.3 is 25.3 Å². The lowest BCUT2D eigenvalue weighted by molar-refractivity contribution is -0.116. The lowest BCUT2D eigenvalue weighted by atomic mass is 10.2. The molecule has 1 saturated heterocycles. The SMILES string of the molecule is CCN1CCN(c2ccccc2NC(=O)CCNC(=O)N(C)Cc2ccccc2)CC1. The van der Waals surface area contributed by atoms with Gasteiger partial charge in [0.1, 0.15) is 0 Å². The molecule has 2 aromatic carbocycles. The van der Waals surface area contributed by atoms with Crippen molar-refractivity contribution < 1.29 is 9.59 Å². The minimum Gasteiger partial charge on any atom is -0.367 e. The molecule has 2 N–H and O–H groups in total. The highest BCUT2D eigenvalue weighted by molar-refractivity contribution is 5.94. The molecule has 0 atom stereocenters. The number of para-hydroxylation sites is 2. The first-order chi connectivity index (χ1) is 15.1. The van der Waals surface area contributed by atoms with E-state index in [4.69, 9.17) is 0 Å². The van der Waals surface area contributed by atoms with Gasteiger partial charge in [-0.25, -0.2) is 4.79 Å². The average molecular weight is 424 g/mol. The molecule has 1 heterocycles. The predicted molar refractivity (Wildman–Crippen MR) is 125 cm³/mol. The van der Waals surface area contributed by atoms with E-state index in [9.17, 15) is 9.59 Å². The molecule has 0 bridgehead atoms. The normalized spacial score (nSPS) is 14.2. The van der Waals surface area contributed by atoms with Crippen LogP contribution in [-0.2, 0) is 11.3 Å². The number of nitrogens with one attached hydrogen (secondary N) is 2. The highest BCUT2D eigenvalue weighted by Crippen LogP contribution is 2.26. The maximum atomic E-state index is 12.5. The van der Waals surface area contributed by atoms with Gasteiger partial charge in [-0.1, -0.05) is 49.4 Å². The third-order valence-corrected chi connectivity index (χ3v) is 5.58. The van der Waals surface area contributed by atoms with E-state index < -0.39 is 0 Å². The highest BCUT2D eigenvalue weighted by atomic mass is 16.2. The fourth-order valence-corrected chi connectivity index (χ4v) is 3.72. The summed E-state index contributed by atoms with van der Waals surface area (Å²) in [5, 5.41) is 5.84. The molecule has 1 fully saturated rings. The Morgan fingerprint density at radius 2 is 1.65 bits per heavy atom. The van der Waals surface area contributed by atoms with Gasteiger partial charge in [-0.3, -0.25) is 4.79 Å². The molecule has 1 aliphatic rings. The van der Waals surface area contributed by atoms with Gasteiger partial charge in [0.2, 0.25) is 5.91 Å². The standard InChI is InChI=1S/C24H33N5O2/c1-3-28-15-17-29(18-16-28)22-12-8-7-11-21(22)26-23(30)13-14-25-24(31)27(2)19-20-9-5-4-6-10-20/h4-12H,3,13-19H2,1-2H3,(H,25,31)(H,26,30). The molecule has 0 aromatic heterocycles. The van der Waals surface area contributed by atoms with Gasteiger partial charge in [0.05, 0.1) is 11.4 Å². The van der Waals surface area contributed by atoms with E-state index in [-0.39, 0.29) is 18.4 Å². The Kier molecular flexibility index (Phi) is 8.29. The fraction of sp³-hybridized carbons (Fsp3) is 0.417. The zero-order valence-corrected chi connectivity index (χ0v) is 18.5. The van der Waals surface area contributed by atoms with Crippen LogP contribution in [0, 0.1) is 0 Å². The molecule has 0 spiro atoms. The number of hydrogen-bond donors (Lipinski definition) is 2.